The van der Waals surface area contributed by atoms with Gasteiger partial charge in [0, 0.05) is 26.2 Å². The highest BCUT2D eigenvalue weighted by Crippen LogP contribution is 2.29. The summed E-state index contributed by atoms with van der Waals surface area (Å²) >= 11 is 0. The number of benzene rings is 1. The van der Waals surface area contributed by atoms with Crippen molar-refractivity contribution in [3.05, 3.63) is 23.3 Å². The third kappa shape index (κ3) is 3.72. The zero-order chi connectivity index (χ0) is 17.7. The zero-order valence-corrected chi connectivity index (χ0v) is 14.6. The minimum absolute atomic E-state index is 0.128. The van der Waals surface area contributed by atoms with Gasteiger partial charge in [-0.15, -0.1) is 0 Å². The summed E-state index contributed by atoms with van der Waals surface area (Å²) in [6.07, 6.45) is 0.338. The largest absolute Gasteiger partial charge is 0.496 e. The number of aryl methyl sites for hydroxylation is 1. The molecule has 1 heterocycles. The van der Waals surface area contributed by atoms with Crippen LogP contribution in [0.2, 0.25) is 0 Å². The van der Waals surface area contributed by atoms with Crippen LogP contribution in [-0.4, -0.2) is 69.3 Å². The first-order chi connectivity index (χ1) is 11.5. The van der Waals surface area contributed by atoms with Gasteiger partial charge < -0.3 is 24.0 Å². The van der Waals surface area contributed by atoms with Crippen LogP contribution in [0.3, 0.4) is 0 Å². The summed E-state index contributed by atoms with van der Waals surface area (Å²) in [6, 6.07) is 3.50. The summed E-state index contributed by atoms with van der Waals surface area (Å²) in [7, 11) is 4.47. The van der Waals surface area contributed by atoms with Crippen LogP contribution in [0.1, 0.15) is 22.3 Å². The summed E-state index contributed by atoms with van der Waals surface area (Å²) in [5.41, 5.74) is 1.37. The Balaban J connectivity index is 2.21. The third-order valence-corrected chi connectivity index (χ3v) is 4.16. The first kappa shape index (κ1) is 17.9. The molecule has 1 aliphatic rings. The van der Waals surface area contributed by atoms with Crippen molar-refractivity contribution in [3.63, 3.8) is 0 Å². The first-order valence-corrected chi connectivity index (χ1v) is 7.86. The number of nitrogens with zero attached hydrogens (tertiary/aromatic N) is 2. The van der Waals surface area contributed by atoms with Crippen LogP contribution >= 0.6 is 0 Å². The van der Waals surface area contributed by atoms with Gasteiger partial charge in [0.05, 0.1) is 26.9 Å². The quantitative estimate of drug-likeness (QED) is 0.844. The predicted molar refractivity (Wildman–Crippen MR) is 88.8 cm³/mol. The lowest BCUT2D eigenvalue weighted by atomic mass is 10.1. The predicted octanol–water partition coefficient (Wildman–Crippen LogP) is 1.93. The molecule has 2 amide bonds. The van der Waals surface area contributed by atoms with Crippen molar-refractivity contribution in [2.45, 2.75) is 13.3 Å². The number of methoxy groups -OCH3 is 3. The molecule has 0 saturated carbocycles. The average molecular weight is 336 g/mol. The van der Waals surface area contributed by atoms with Gasteiger partial charge in [0.15, 0.2) is 0 Å². The van der Waals surface area contributed by atoms with Gasteiger partial charge in [-0.2, -0.15) is 0 Å². The van der Waals surface area contributed by atoms with E-state index in [1.807, 2.05) is 6.92 Å². The fourth-order valence-electron chi connectivity index (χ4n) is 2.82. The smallest absolute Gasteiger partial charge is 0.409 e. The van der Waals surface area contributed by atoms with Crippen LogP contribution in [0.4, 0.5) is 4.79 Å². The average Bonchev–Trinajstić information content (AvgIpc) is 2.86. The van der Waals surface area contributed by atoms with Crippen molar-refractivity contribution in [3.8, 4) is 11.5 Å². The van der Waals surface area contributed by atoms with E-state index in [1.165, 1.54) is 7.11 Å². The molecule has 0 bridgehead atoms. The molecule has 0 spiro atoms. The summed E-state index contributed by atoms with van der Waals surface area (Å²) < 4.78 is 15.4. The number of carbonyl (C=O) groups excluding carboxylic acids is 2. The molecule has 0 N–H and O–H groups in total. The van der Waals surface area contributed by atoms with Crippen molar-refractivity contribution < 1.29 is 23.8 Å². The minimum Gasteiger partial charge on any atom is -0.496 e. The molecular formula is C17H24N2O5. The van der Waals surface area contributed by atoms with Crippen molar-refractivity contribution in [1.82, 2.24) is 9.80 Å². The molecule has 0 unspecified atom stereocenters. The molecule has 0 atom stereocenters. The SMILES string of the molecule is COC(=O)N1CCCN(C(=O)c2cc(OC)c(C)cc2OC)CC1. The number of hydrogen-bond acceptors (Lipinski definition) is 5. The Morgan fingerprint density at radius 2 is 1.54 bits per heavy atom. The van der Waals surface area contributed by atoms with Crippen LogP contribution in [0.25, 0.3) is 0 Å². The second kappa shape index (κ2) is 7.90. The fourth-order valence-corrected chi connectivity index (χ4v) is 2.82. The molecular weight excluding hydrogens is 312 g/mol. The molecule has 1 aliphatic heterocycles. The van der Waals surface area contributed by atoms with Gasteiger partial charge in [0.25, 0.3) is 5.91 Å². The maximum Gasteiger partial charge on any atom is 0.409 e. The second-order valence-electron chi connectivity index (χ2n) is 5.62. The molecule has 24 heavy (non-hydrogen) atoms. The molecule has 1 aromatic carbocycles. The number of amides is 2. The van der Waals surface area contributed by atoms with Gasteiger partial charge in [-0.3, -0.25) is 4.79 Å². The standard InChI is InChI=1S/C17H24N2O5/c1-12-10-15(23-3)13(11-14(12)22-2)16(20)18-6-5-7-19(9-8-18)17(21)24-4/h10-11H,5-9H2,1-4H3. The molecule has 2 rings (SSSR count). The Morgan fingerprint density at radius 1 is 0.917 bits per heavy atom. The van der Waals surface area contributed by atoms with E-state index < -0.39 is 0 Å². The lowest BCUT2D eigenvalue weighted by Gasteiger charge is -2.23. The van der Waals surface area contributed by atoms with Crippen molar-refractivity contribution in [1.29, 1.82) is 0 Å². The number of hydrogen-bond donors (Lipinski definition) is 0. The van der Waals surface area contributed by atoms with E-state index in [1.54, 1.807) is 36.2 Å². The highest BCUT2D eigenvalue weighted by atomic mass is 16.5. The van der Waals surface area contributed by atoms with Crippen LogP contribution in [0.15, 0.2) is 12.1 Å². The van der Waals surface area contributed by atoms with Crippen molar-refractivity contribution >= 4 is 12.0 Å². The molecule has 0 aliphatic carbocycles. The van der Waals surface area contributed by atoms with E-state index in [-0.39, 0.29) is 12.0 Å². The zero-order valence-electron chi connectivity index (χ0n) is 14.6. The minimum atomic E-state index is -0.362. The summed E-state index contributed by atoms with van der Waals surface area (Å²) in [4.78, 5) is 27.9. The Morgan fingerprint density at radius 3 is 2.17 bits per heavy atom. The van der Waals surface area contributed by atoms with Crippen LogP contribution in [-0.2, 0) is 4.74 Å². The van der Waals surface area contributed by atoms with Crippen molar-refractivity contribution in [2.75, 3.05) is 47.5 Å². The van der Waals surface area contributed by atoms with Gasteiger partial charge in [0.1, 0.15) is 11.5 Å². The lowest BCUT2D eigenvalue weighted by molar-refractivity contribution is 0.0753. The van der Waals surface area contributed by atoms with E-state index in [9.17, 15) is 9.59 Å². The molecule has 1 saturated heterocycles. The molecule has 1 fully saturated rings. The Kier molecular flexibility index (Phi) is 5.89. The maximum atomic E-state index is 12.9. The fraction of sp³-hybridized carbons (Fsp3) is 0.529. The van der Waals surface area contributed by atoms with Gasteiger partial charge in [-0.25, -0.2) is 4.79 Å². The molecule has 132 valence electrons. The number of carbonyl (C=O) groups is 2. The molecule has 0 aromatic heterocycles. The van der Waals surface area contributed by atoms with E-state index in [4.69, 9.17) is 14.2 Å². The molecule has 7 nitrogen and oxygen atoms in total. The maximum absolute atomic E-state index is 12.9. The summed E-state index contributed by atoms with van der Waals surface area (Å²) in [5.74, 6) is 1.04. The Labute approximate surface area is 142 Å². The normalized spacial score (nSPS) is 14.8. The van der Waals surface area contributed by atoms with Gasteiger partial charge in [-0.05, 0) is 31.0 Å². The van der Waals surface area contributed by atoms with Gasteiger partial charge >= 0.3 is 6.09 Å². The van der Waals surface area contributed by atoms with Gasteiger partial charge in [-0.1, -0.05) is 0 Å². The van der Waals surface area contributed by atoms with Crippen molar-refractivity contribution in [2.24, 2.45) is 0 Å². The van der Waals surface area contributed by atoms with E-state index in [2.05, 4.69) is 0 Å². The molecule has 1 aromatic rings. The number of ether oxygens (including phenoxy) is 3. The van der Waals surface area contributed by atoms with Crippen LogP contribution in [0.5, 0.6) is 11.5 Å². The second-order valence-corrected chi connectivity index (χ2v) is 5.62. The van der Waals surface area contributed by atoms with E-state index in [0.29, 0.717) is 49.7 Å². The molecule has 7 heteroatoms. The van der Waals surface area contributed by atoms with Crippen LogP contribution < -0.4 is 9.47 Å². The first-order valence-electron chi connectivity index (χ1n) is 7.86. The lowest BCUT2D eigenvalue weighted by Crippen LogP contribution is -2.37. The highest BCUT2D eigenvalue weighted by Gasteiger charge is 2.25. The molecule has 0 radical (unpaired) electrons. The number of rotatable bonds is 3. The van der Waals surface area contributed by atoms with E-state index >= 15 is 0 Å². The topological polar surface area (TPSA) is 68.3 Å². The summed E-state index contributed by atoms with van der Waals surface area (Å²) in [6.45, 7) is 3.95. The monoisotopic (exact) mass is 336 g/mol. The Hall–Kier alpha value is -2.44. The van der Waals surface area contributed by atoms with Gasteiger partial charge in [0.2, 0.25) is 0 Å². The highest BCUT2D eigenvalue weighted by molar-refractivity contribution is 5.97. The van der Waals surface area contributed by atoms with Crippen LogP contribution in [0, 0.1) is 6.92 Å². The van der Waals surface area contributed by atoms with E-state index in [0.717, 1.165) is 5.56 Å². The third-order valence-electron chi connectivity index (χ3n) is 4.16. The Bertz CT molecular complexity index is 617. The summed E-state index contributed by atoms with van der Waals surface area (Å²) in [5, 5.41) is 0.